The van der Waals surface area contributed by atoms with Gasteiger partial charge in [0.1, 0.15) is 5.76 Å². The van der Waals surface area contributed by atoms with E-state index in [0.717, 1.165) is 18.7 Å². The summed E-state index contributed by atoms with van der Waals surface area (Å²) in [5, 5.41) is 11.8. The van der Waals surface area contributed by atoms with Crippen LogP contribution in [0.2, 0.25) is 0 Å². The Hall–Kier alpha value is -0.940. The third-order valence-corrected chi connectivity index (χ3v) is 2.57. The molecule has 0 aliphatic carbocycles. The normalized spacial score (nSPS) is 10.5. The van der Waals surface area contributed by atoms with Crippen LogP contribution in [-0.4, -0.2) is 29.6 Å². The number of carboxylic acids is 1. The summed E-state index contributed by atoms with van der Waals surface area (Å²) in [6.07, 6.45) is 3.18. The van der Waals surface area contributed by atoms with Crippen LogP contribution in [0.5, 0.6) is 0 Å². The molecule has 1 rings (SSSR count). The van der Waals surface area contributed by atoms with E-state index in [9.17, 15) is 4.79 Å². The Morgan fingerprint density at radius 3 is 3.00 bits per heavy atom. The highest BCUT2D eigenvalue weighted by Gasteiger charge is 2.07. The van der Waals surface area contributed by atoms with Crippen molar-refractivity contribution in [3.05, 3.63) is 23.7 Å². The minimum Gasteiger partial charge on any atom is -0.475 e. The molecular weight excluding hydrogens is 214 g/mol. The molecule has 0 aliphatic heterocycles. The second kappa shape index (κ2) is 6.53. The summed E-state index contributed by atoms with van der Waals surface area (Å²) >= 11 is 1.81. The van der Waals surface area contributed by atoms with Crippen LogP contribution in [0.3, 0.4) is 0 Å². The molecule has 0 spiro atoms. The van der Waals surface area contributed by atoms with Gasteiger partial charge in [0.15, 0.2) is 0 Å². The average Bonchev–Trinajstić information content (AvgIpc) is 2.66. The standard InChI is InChI=1S/C10H15NO3S/c1-15-6-2-5-11-7-8-3-4-9(14-8)10(12)13/h3-4,11H,2,5-7H2,1H3,(H,12,13). The lowest BCUT2D eigenvalue weighted by atomic mass is 10.4. The van der Waals surface area contributed by atoms with Crippen molar-refractivity contribution in [3.63, 3.8) is 0 Å². The van der Waals surface area contributed by atoms with Gasteiger partial charge in [-0.05, 0) is 37.1 Å². The Kier molecular flexibility index (Phi) is 5.28. The summed E-state index contributed by atoms with van der Waals surface area (Å²) in [7, 11) is 0. The number of thioether (sulfide) groups is 1. The largest absolute Gasteiger partial charge is 0.475 e. The molecule has 5 heteroatoms. The number of rotatable bonds is 7. The molecule has 4 nitrogen and oxygen atoms in total. The van der Waals surface area contributed by atoms with Crippen LogP contribution in [0.4, 0.5) is 0 Å². The van der Waals surface area contributed by atoms with Gasteiger partial charge in [-0.15, -0.1) is 0 Å². The van der Waals surface area contributed by atoms with Crippen LogP contribution in [0, 0.1) is 0 Å². The molecule has 1 aromatic rings. The van der Waals surface area contributed by atoms with Crippen LogP contribution in [-0.2, 0) is 6.54 Å². The number of nitrogens with one attached hydrogen (secondary N) is 1. The quantitative estimate of drug-likeness (QED) is 0.698. The van der Waals surface area contributed by atoms with Gasteiger partial charge in [-0.2, -0.15) is 11.8 Å². The Bertz CT molecular complexity index is 311. The number of carboxylic acid groups (broad SMARTS) is 1. The van der Waals surface area contributed by atoms with Crippen LogP contribution in [0.1, 0.15) is 22.7 Å². The molecule has 0 atom stereocenters. The Morgan fingerprint density at radius 2 is 2.40 bits per heavy atom. The summed E-state index contributed by atoms with van der Waals surface area (Å²) in [6, 6.07) is 3.16. The molecule has 0 aliphatic rings. The van der Waals surface area contributed by atoms with Crippen LogP contribution in [0.25, 0.3) is 0 Å². The highest BCUT2D eigenvalue weighted by atomic mass is 32.2. The van der Waals surface area contributed by atoms with Crippen LogP contribution >= 0.6 is 11.8 Å². The summed E-state index contributed by atoms with van der Waals surface area (Å²) in [5.41, 5.74) is 0. The van der Waals surface area contributed by atoms with Gasteiger partial charge in [0.2, 0.25) is 5.76 Å². The van der Waals surface area contributed by atoms with E-state index in [4.69, 9.17) is 9.52 Å². The van der Waals surface area contributed by atoms with Gasteiger partial charge in [0.05, 0.1) is 6.54 Å². The SMILES string of the molecule is CSCCCNCc1ccc(C(=O)O)o1. The highest BCUT2D eigenvalue weighted by molar-refractivity contribution is 7.98. The first-order valence-corrected chi connectivity index (χ1v) is 6.15. The van der Waals surface area contributed by atoms with Gasteiger partial charge in [-0.3, -0.25) is 0 Å². The average molecular weight is 229 g/mol. The topological polar surface area (TPSA) is 62.5 Å². The smallest absolute Gasteiger partial charge is 0.371 e. The fraction of sp³-hybridized carbons (Fsp3) is 0.500. The molecule has 0 unspecified atom stereocenters. The van der Waals surface area contributed by atoms with E-state index in [-0.39, 0.29) is 5.76 Å². The van der Waals surface area contributed by atoms with Crippen molar-refractivity contribution in [2.75, 3.05) is 18.6 Å². The first-order chi connectivity index (χ1) is 7.24. The molecule has 0 bridgehead atoms. The molecule has 2 N–H and O–H groups in total. The molecule has 84 valence electrons. The van der Waals surface area contributed by atoms with E-state index in [1.807, 2.05) is 11.8 Å². The summed E-state index contributed by atoms with van der Waals surface area (Å²) in [6.45, 7) is 1.51. The number of furan rings is 1. The molecule has 0 saturated heterocycles. The van der Waals surface area contributed by atoms with Crippen molar-refractivity contribution in [3.8, 4) is 0 Å². The van der Waals surface area contributed by atoms with Gasteiger partial charge in [-0.1, -0.05) is 0 Å². The molecule has 1 aromatic heterocycles. The number of hydrogen-bond acceptors (Lipinski definition) is 4. The van der Waals surface area contributed by atoms with Crippen molar-refractivity contribution >= 4 is 17.7 Å². The van der Waals surface area contributed by atoms with E-state index in [1.54, 1.807) is 6.07 Å². The van der Waals surface area contributed by atoms with E-state index >= 15 is 0 Å². The Labute approximate surface area is 93.0 Å². The number of aromatic carboxylic acids is 1. The fourth-order valence-electron chi connectivity index (χ4n) is 1.14. The minimum atomic E-state index is -1.02. The molecule has 0 fully saturated rings. The monoisotopic (exact) mass is 229 g/mol. The predicted molar refractivity (Wildman–Crippen MR) is 60.4 cm³/mol. The van der Waals surface area contributed by atoms with E-state index < -0.39 is 5.97 Å². The lowest BCUT2D eigenvalue weighted by Gasteiger charge is -2.00. The van der Waals surface area contributed by atoms with E-state index in [0.29, 0.717) is 12.3 Å². The second-order valence-electron chi connectivity index (χ2n) is 3.09. The Morgan fingerprint density at radius 1 is 1.60 bits per heavy atom. The number of hydrogen-bond donors (Lipinski definition) is 2. The van der Waals surface area contributed by atoms with Gasteiger partial charge in [0.25, 0.3) is 0 Å². The molecule has 0 amide bonds. The molecule has 0 radical (unpaired) electrons. The fourth-order valence-corrected chi connectivity index (χ4v) is 1.57. The van der Waals surface area contributed by atoms with Gasteiger partial charge in [-0.25, -0.2) is 4.79 Å². The lowest BCUT2D eigenvalue weighted by Crippen LogP contribution is -2.14. The zero-order valence-corrected chi connectivity index (χ0v) is 9.47. The maximum atomic E-state index is 10.5. The van der Waals surface area contributed by atoms with Crippen molar-refractivity contribution in [1.82, 2.24) is 5.32 Å². The number of carbonyl (C=O) groups is 1. The predicted octanol–water partition coefficient (Wildman–Crippen LogP) is 1.82. The van der Waals surface area contributed by atoms with Crippen molar-refractivity contribution in [2.24, 2.45) is 0 Å². The first kappa shape index (κ1) is 12.1. The zero-order valence-electron chi connectivity index (χ0n) is 8.66. The van der Waals surface area contributed by atoms with E-state index in [2.05, 4.69) is 11.6 Å². The highest BCUT2D eigenvalue weighted by Crippen LogP contribution is 2.07. The van der Waals surface area contributed by atoms with Gasteiger partial charge >= 0.3 is 5.97 Å². The maximum Gasteiger partial charge on any atom is 0.371 e. The molecule has 1 heterocycles. The molecule has 15 heavy (non-hydrogen) atoms. The second-order valence-corrected chi connectivity index (χ2v) is 4.08. The first-order valence-electron chi connectivity index (χ1n) is 4.75. The van der Waals surface area contributed by atoms with Crippen LogP contribution < -0.4 is 5.32 Å². The van der Waals surface area contributed by atoms with Crippen molar-refractivity contribution in [1.29, 1.82) is 0 Å². The van der Waals surface area contributed by atoms with Gasteiger partial charge < -0.3 is 14.8 Å². The molecule has 0 aromatic carbocycles. The maximum absolute atomic E-state index is 10.5. The summed E-state index contributed by atoms with van der Waals surface area (Å²) in [5.74, 6) is 0.766. The summed E-state index contributed by atoms with van der Waals surface area (Å²) in [4.78, 5) is 10.5. The summed E-state index contributed by atoms with van der Waals surface area (Å²) < 4.78 is 5.08. The lowest BCUT2D eigenvalue weighted by molar-refractivity contribution is 0.0660. The van der Waals surface area contributed by atoms with E-state index in [1.165, 1.54) is 6.07 Å². The third-order valence-electron chi connectivity index (χ3n) is 1.87. The minimum absolute atomic E-state index is 0.00378. The van der Waals surface area contributed by atoms with Crippen molar-refractivity contribution < 1.29 is 14.3 Å². The third kappa shape index (κ3) is 4.40. The van der Waals surface area contributed by atoms with Crippen molar-refractivity contribution in [2.45, 2.75) is 13.0 Å². The zero-order chi connectivity index (χ0) is 11.1. The molecule has 0 saturated carbocycles. The molecular formula is C10H15NO3S. The van der Waals surface area contributed by atoms with Gasteiger partial charge in [0, 0.05) is 0 Å². The Balaban J connectivity index is 2.23. The van der Waals surface area contributed by atoms with Crippen LogP contribution in [0.15, 0.2) is 16.5 Å².